The highest BCUT2D eigenvalue weighted by molar-refractivity contribution is 8.26. The predicted molar refractivity (Wildman–Crippen MR) is 110 cm³/mol. The molecule has 0 spiro atoms. The minimum Gasteiger partial charge on any atom is -0.507 e. The summed E-state index contributed by atoms with van der Waals surface area (Å²) in [7, 11) is 3.07. The highest BCUT2D eigenvalue weighted by Crippen LogP contribution is 2.34. The van der Waals surface area contributed by atoms with Crippen molar-refractivity contribution in [1.29, 1.82) is 0 Å². The first kappa shape index (κ1) is 19.7. The van der Waals surface area contributed by atoms with Crippen molar-refractivity contribution in [3.63, 3.8) is 0 Å². The van der Waals surface area contributed by atoms with Crippen LogP contribution in [0.1, 0.15) is 15.9 Å². The fourth-order valence-electron chi connectivity index (χ4n) is 2.47. The Kier molecular flexibility index (Phi) is 5.86. The van der Waals surface area contributed by atoms with Crippen molar-refractivity contribution in [2.75, 3.05) is 14.2 Å². The van der Waals surface area contributed by atoms with Crippen LogP contribution in [0.5, 0.6) is 17.2 Å². The number of hydrogen-bond acceptors (Lipinski definition) is 7. The summed E-state index contributed by atoms with van der Waals surface area (Å²) in [5.74, 6) is -0.155. The molecule has 0 unspecified atom stereocenters. The van der Waals surface area contributed by atoms with Crippen molar-refractivity contribution in [1.82, 2.24) is 10.4 Å². The number of phenolic OH excluding ortho intramolecular Hbond substituents is 1. The third-order valence-electron chi connectivity index (χ3n) is 3.88. The predicted octanol–water partition coefficient (Wildman–Crippen LogP) is 2.96. The van der Waals surface area contributed by atoms with Crippen molar-refractivity contribution in [2.24, 2.45) is 0 Å². The Labute approximate surface area is 170 Å². The molecule has 0 bridgehead atoms. The van der Waals surface area contributed by atoms with E-state index in [-0.39, 0.29) is 15.6 Å². The normalized spacial score (nSPS) is 15.1. The third kappa shape index (κ3) is 3.95. The number of amides is 2. The van der Waals surface area contributed by atoms with Crippen LogP contribution in [0.2, 0.25) is 0 Å². The number of thioether (sulfide) groups is 1. The molecule has 0 atom stereocenters. The molecular formula is C19H16N2O5S2. The van der Waals surface area contributed by atoms with E-state index in [2.05, 4.69) is 5.43 Å². The van der Waals surface area contributed by atoms with Crippen LogP contribution in [-0.4, -0.2) is 40.5 Å². The molecule has 1 aliphatic rings. The van der Waals surface area contributed by atoms with Crippen molar-refractivity contribution in [3.05, 3.63) is 58.5 Å². The van der Waals surface area contributed by atoms with E-state index in [9.17, 15) is 14.7 Å². The average Bonchev–Trinajstić information content (AvgIpc) is 2.96. The fraction of sp³-hybridized carbons (Fsp3) is 0.105. The standard InChI is InChI=1S/C19H16N2O5S2/c1-25-12-8-7-11(15(10-12)26-2)9-16-18(24)21(19(27)28-16)20-17(23)13-5-3-4-6-14(13)22/h3-10,22H,1-2H3,(H,20,23)/b16-9-. The second kappa shape index (κ2) is 8.32. The number of carbonyl (C=O) groups is 2. The zero-order valence-electron chi connectivity index (χ0n) is 15.0. The largest absolute Gasteiger partial charge is 0.507 e. The summed E-state index contributed by atoms with van der Waals surface area (Å²) in [5.41, 5.74) is 3.13. The van der Waals surface area contributed by atoms with Crippen LogP contribution in [0, 0.1) is 0 Å². The zero-order valence-corrected chi connectivity index (χ0v) is 16.6. The summed E-state index contributed by atoms with van der Waals surface area (Å²) < 4.78 is 10.7. The minimum atomic E-state index is -0.641. The van der Waals surface area contributed by atoms with Crippen LogP contribution in [-0.2, 0) is 4.79 Å². The van der Waals surface area contributed by atoms with Crippen LogP contribution >= 0.6 is 24.0 Å². The molecule has 28 heavy (non-hydrogen) atoms. The van der Waals surface area contributed by atoms with E-state index in [1.807, 2.05) is 0 Å². The van der Waals surface area contributed by atoms with Crippen LogP contribution in [0.4, 0.5) is 0 Å². The van der Waals surface area contributed by atoms with Gasteiger partial charge in [-0.25, -0.2) is 0 Å². The van der Waals surface area contributed by atoms with Gasteiger partial charge in [0.05, 0.1) is 24.7 Å². The second-order valence-electron chi connectivity index (χ2n) is 5.58. The van der Waals surface area contributed by atoms with Crippen molar-refractivity contribution in [3.8, 4) is 17.2 Å². The first-order valence-electron chi connectivity index (χ1n) is 8.03. The van der Waals surface area contributed by atoms with E-state index in [0.29, 0.717) is 22.0 Å². The summed E-state index contributed by atoms with van der Waals surface area (Å²) in [5, 5.41) is 10.8. The topological polar surface area (TPSA) is 88.1 Å². The Bertz CT molecular complexity index is 990. The molecule has 1 fully saturated rings. The summed E-state index contributed by atoms with van der Waals surface area (Å²) in [6.45, 7) is 0. The Morgan fingerprint density at radius 2 is 1.96 bits per heavy atom. The summed E-state index contributed by atoms with van der Waals surface area (Å²) in [6.07, 6.45) is 1.63. The molecule has 2 N–H and O–H groups in total. The Morgan fingerprint density at radius 3 is 2.64 bits per heavy atom. The SMILES string of the molecule is COc1ccc(/C=C2\SC(=S)N(NC(=O)c3ccccc3O)C2=O)c(OC)c1. The van der Waals surface area contributed by atoms with Gasteiger partial charge in [0.25, 0.3) is 11.8 Å². The molecule has 7 nitrogen and oxygen atoms in total. The Balaban J connectivity index is 1.83. The van der Waals surface area contributed by atoms with E-state index in [0.717, 1.165) is 16.8 Å². The number of ether oxygens (including phenoxy) is 2. The van der Waals surface area contributed by atoms with Gasteiger partial charge in [0, 0.05) is 11.6 Å². The van der Waals surface area contributed by atoms with Crippen LogP contribution in [0.15, 0.2) is 47.4 Å². The number of aromatic hydroxyl groups is 1. The first-order chi connectivity index (χ1) is 13.4. The summed E-state index contributed by atoms with van der Waals surface area (Å²) in [4.78, 5) is 25.4. The lowest BCUT2D eigenvalue weighted by Gasteiger charge is -2.16. The first-order valence-corrected chi connectivity index (χ1v) is 9.26. The van der Waals surface area contributed by atoms with Gasteiger partial charge < -0.3 is 14.6 Å². The molecular weight excluding hydrogens is 400 g/mol. The maximum absolute atomic E-state index is 12.7. The molecule has 1 saturated heterocycles. The lowest BCUT2D eigenvalue weighted by molar-refractivity contribution is -0.123. The number of para-hydroxylation sites is 1. The van der Waals surface area contributed by atoms with Crippen molar-refractivity contribution >= 4 is 46.2 Å². The van der Waals surface area contributed by atoms with Gasteiger partial charge in [0.2, 0.25) is 0 Å². The minimum absolute atomic E-state index is 0.0392. The third-order valence-corrected chi connectivity index (χ3v) is 5.19. The molecule has 1 aliphatic heterocycles. The van der Waals surface area contributed by atoms with Gasteiger partial charge in [-0.3, -0.25) is 15.0 Å². The van der Waals surface area contributed by atoms with Gasteiger partial charge in [0.15, 0.2) is 4.32 Å². The van der Waals surface area contributed by atoms with E-state index in [1.54, 1.807) is 43.5 Å². The molecule has 2 amide bonds. The van der Waals surface area contributed by atoms with E-state index in [4.69, 9.17) is 21.7 Å². The lowest BCUT2D eigenvalue weighted by atomic mass is 10.1. The maximum Gasteiger partial charge on any atom is 0.285 e. The van der Waals surface area contributed by atoms with Crippen LogP contribution < -0.4 is 14.9 Å². The number of hydrogen-bond donors (Lipinski definition) is 2. The van der Waals surface area contributed by atoms with Gasteiger partial charge in [-0.05, 0) is 42.6 Å². The highest BCUT2D eigenvalue weighted by Gasteiger charge is 2.34. The fourth-order valence-corrected chi connectivity index (χ4v) is 3.64. The number of thiocarbonyl (C=S) groups is 1. The van der Waals surface area contributed by atoms with Crippen LogP contribution in [0.25, 0.3) is 6.08 Å². The Morgan fingerprint density at radius 1 is 1.21 bits per heavy atom. The lowest BCUT2D eigenvalue weighted by Crippen LogP contribution is -2.44. The van der Waals surface area contributed by atoms with Crippen molar-refractivity contribution < 1.29 is 24.2 Å². The number of rotatable bonds is 5. The number of carbonyl (C=O) groups excluding carboxylic acids is 2. The molecule has 9 heteroatoms. The van der Waals surface area contributed by atoms with Gasteiger partial charge in [-0.15, -0.1) is 0 Å². The number of methoxy groups -OCH3 is 2. The van der Waals surface area contributed by atoms with Gasteiger partial charge >= 0.3 is 0 Å². The monoisotopic (exact) mass is 416 g/mol. The molecule has 0 saturated carbocycles. The molecule has 2 aromatic carbocycles. The molecule has 0 radical (unpaired) electrons. The number of nitrogens with zero attached hydrogens (tertiary/aromatic N) is 1. The molecule has 144 valence electrons. The summed E-state index contributed by atoms with van der Waals surface area (Å²) in [6, 6.07) is 11.2. The smallest absolute Gasteiger partial charge is 0.285 e. The number of nitrogens with one attached hydrogen (secondary N) is 1. The Hall–Kier alpha value is -3.04. The average molecular weight is 416 g/mol. The number of hydrazine groups is 1. The van der Waals surface area contributed by atoms with E-state index >= 15 is 0 Å². The molecule has 1 heterocycles. The maximum atomic E-state index is 12.7. The molecule has 2 aromatic rings. The van der Waals surface area contributed by atoms with Gasteiger partial charge in [0.1, 0.15) is 17.2 Å². The quantitative estimate of drug-likeness (QED) is 0.572. The molecule has 0 aliphatic carbocycles. The number of phenols is 1. The number of benzene rings is 2. The van der Waals surface area contributed by atoms with Crippen LogP contribution in [0.3, 0.4) is 0 Å². The van der Waals surface area contributed by atoms with Crippen molar-refractivity contribution in [2.45, 2.75) is 0 Å². The highest BCUT2D eigenvalue weighted by atomic mass is 32.2. The van der Waals surface area contributed by atoms with E-state index in [1.165, 1.54) is 19.2 Å². The summed E-state index contributed by atoms with van der Waals surface area (Å²) >= 11 is 6.26. The van der Waals surface area contributed by atoms with E-state index < -0.39 is 11.8 Å². The second-order valence-corrected chi connectivity index (χ2v) is 7.26. The molecule has 0 aromatic heterocycles. The molecule has 3 rings (SSSR count). The zero-order chi connectivity index (χ0) is 20.3. The van der Waals surface area contributed by atoms with Gasteiger partial charge in [-0.2, -0.15) is 5.01 Å². The van der Waals surface area contributed by atoms with Gasteiger partial charge in [-0.1, -0.05) is 23.9 Å².